The van der Waals surface area contributed by atoms with E-state index in [1.54, 1.807) is 25.1 Å². The minimum absolute atomic E-state index is 0.218. The van der Waals surface area contributed by atoms with Gasteiger partial charge in [-0.15, -0.1) is 0 Å². The van der Waals surface area contributed by atoms with Crippen LogP contribution in [0.4, 0.5) is 5.69 Å². The first-order chi connectivity index (χ1) is 9.08. The van der Waals surface area contributed by atoms with Gasteiger partial charge in [-0.25, -0.2) is 4.79 Å². The number of hydrogen-bond donors (Lipinski definition) is 2. The van der Waals surface area contributed by atoms with E-state index in [0.29, 0.717) is 17.3 Å². The van der Waals surface area contributed by atoms with Crippen LogP contribution < -0.4 is 5.32 Å². The van der Waals surface area contributed by atoms with Crippen LogP contribution >= 0.6 is 11.6 Å². The average molecular weight is 285 g/mol. The summed E-state index contributed by atoms with van der Waals surface area (Å²) in [6.45, 7) is 2.48. The Labute approximate surface area is 117 Å². The Morgan fingerprint density at radius 3 is 3.00 bits per heavy atom. The summed E-state index contributed by atoms with van der Waals surface area (Å²) in [6.07, 6.45) is -0.210. The Bertz CT molecular complexity index is 463. The largest absolute Gasteiger partial charge is 0.464 e. The molecule has 2 N–H and O–H groups in total. The third-order valence-corrected chi connectivity index (χ3v) is 2.53. The molecular formula is C13H17ClN2O3. The van der Waals surface area contributed by atoms with Crippen LogP contribution in [0, 0.1) is 0 Å². The van der Waals surface area contributed by atoms with E-state index in [1.165, 1.54) is 0 Å². The fourth-order valence-electron chi connectivity index (χ4n) is 1.45. The van der Waals surface area contributed by atoms with Gasteiger partial charge in [0.2, 0.25) is 0 Å². The number of nitrogens with zero attached hydrogens (tertiary/aromatic N) is 1. The second-order valence-corrected chi connectivity index (χ2v) is 4.21. The van der Waals surface area contributed by atoms with Crippen molar-refractivity contribution in [1.82, 2.24) is 5.32 Å². The Balaban J connectivity index is 2.83. The fourth-order valence-corrected chi connectivity index (χ4v) is 1.65. The second-order valence-electron chi connectivity index (χ2n) is 3.78. The van der Waals surface area contributed by atoms with Gasteiger partial charge in [0, 0.05) is 17.8 Å². The highest BCUT2D eigenvalue weighted by Crippen LogP contribution is 2.23. The van der Waals surface area contributed by atoms with Crippen molar-refractivity contribution >= 4 is 29.5 Å². The summed E-state index contributed by atoms with van der Waals surface area (Å²) in [5, 5.41) is 13.1. The molecule has 0 bridgehead atoms. The number of carbonyl (C=O) groups is 1. The number of carbonyl (C=O) groups excluding carboxylic acids is 1. The van der Waals surface area contributed by atoms with E-state index < -0.39 is 12.1 Å². The Morgan fingerprint density at radius 2 is 2.37 bits per heavy atom. The maximum Gasteiger partial charge on any atom is 0.340 e. The number of halogens is 1. The van der Waals surface area contributed by atoms with E-state index in [9.17, 15) is 9.90 Å². The van der Waals surface area contributed by atoms with Crippen LogP contribution in [0.15, 0.2) is 23.2 Å². The minimum Gasteiger partial charge on any atom is -0.464 e. The molecule has 0 radical (unpaired) electrons. The first-order valence-corrected chi connectivity index (χ1v) is 6.28. The predicted molar refractivity (Wildman–Crippen MR) is 75.0 cm³/mol. The van der Waals surface area contributed by atoms with Crippen LogP contribution in [-0.4, -0.2) is 37.0 Å². The van der Waals surface area contributed by atoms with Crippen molar-refractivity contribution in [2.75, 3.05) is 13.7 Å². The van der Waals surface area contributed by atoms with E-state index in [4.69, 9.17) is 11.6 Å². The smallest absolute Gasteiger partial charge is 0.340 e. The van der Waals surface area contributed by atoms with E-state index in [2.05, 4.69) is 15.0 Å². The van der Waals surface area contributed by atoms with Crippen molar-refractivity contribution in [1.29, 1.82) is 0 Å². The van der Waals surface area contributed by atoms with Crippen molar-refractivity contribution in [3.63, 3.8) is 0 Å². The molecule has 0 amide bonds. The number of aliphatic imine (C=N–C) groups is 1. The maximum atomic E-state index is 11.2. The Hall–Kier alpha value is -1.43. The lowest BCUT2D eigenvalue weighted by Crippen LogP contribution is -2.24. The van der Waals surface area contributed by atoms with Crippen molar-refractivity contribution in [3.8, 4) is 0 Å². The Kier molecular flexibility index (Phi) is 6.49. The van der Waals surface area contributed by atoms with Crippen LogP contribution in [0.3, 0.4) is 0 Å². The van der Waals surface area contributed by atoms with Crippen LogP contribution in [-0.2, 0) is 16.1 Å². The molecule has 0 fully saturated rings. The standard InChI is InChI=1S/C13H17ClN2O3/c1-3-19-13(18)12(17)8-16-11-5-4-10(14)6-9(11)7-15-2/h4-6,8,12,15,17H,3,7H2,1-2H3. The van der Waals surface area contributed by atoms with Gasteiger partial charge in [-0.2, -0.15) is 0 Å². The quantitative estimate of drug-likeness (QED) is 0.616. The molecular weight excluding hydrogens is 268 g/mol. The number of nitrogens with one attached hydrogen (secondary N) is 1. The third kappa shape index (κ3) is 4.98. The van der Waals surface area contributed by atoms with E-state index in [0.717, 1.165) is 11.8 Å². The summed E-state index contributed by atoms with van der Waals surface area (Å²) in [5.74, 6) is -0.713. The van der Waals surface area contributed by atoms with Crippen LogP contribution in [0.2, 0.25) is 5.02 Å². The summed E-state index contributed by atoms with van der Waals surface area (Å²) < 4.78 is 4.68. The van der Waals surface area contributed by atoms with Crippen molar-refractivity contribution in [2.24, 2.45) is 4.99 Å². The molecule has 0 saturated heterocycles. The third-order valence-electron chi connectivity index (χ3n) is 2.29. The summed E-state index contributed by atoms with van der Waals surface area (Å²) in [4.78, 5) is 15.3. The number of ether oxygens (including phenoxy) is 1. The topological polar surface area (TPSA) is 70.9 Å². The van der Waals surface area contributed by atoms with E-state index >= 15 is 0 Å². The number of esters is 1. The molecule has 6 heteroatoms. The highest BCUT2D eigenvalue weighted by molar-refractivity contribution is 6.30. The number of hydrogen-bond acceptors (Lipinski definition) is 5. The van der Waals surface area contributed by atoms with Crippen LogP contribution in [0.5, 0.6) is 0 Å². The summed E-state index contributed by atoms with van der Waals surface area (Å²) in [6, 6.07) is 5.20. The van der Waals surface area contributed by atoms with Crippen molar-refractivity contribution in [3.05, 3.63) is 28.8 Å². The zero-order valence-corrected chi connectivity index (χ0v) is 11.6. The van der Waals surface area contributed by atoms with Gasteiger partial charge in [0.15, 0.2) is 6.10 Å². The number of aliphatic hydroxyl groups excluding tert-OH is 1. The number of aliphatic hydroxyl groups is 1. The molecule has 104 valence electrons. The molecule has 0 spiro atoms. The van der Waals surface area contributed by atoms with Gasteiger partial charge < -0.3 is 15.2 Å². The molecule has 19 heavy (non-hydrogen) atoms. The highest BCUT2D eigenvalue weighted by atomic mass is 35.5. The van der Waals surface area contributed by atoms with Gasteiger partial charge in [-0.3, -0.25) is 4.99 Å². The highest BCUT2D eigenvalue weighted by Gasteiger charge is 2.13. The molecule has 1 rings (SSSR count). The SMILES string of the molecule is CCOC(=O)C(O)C=Nc1ccc(Cl)cc1CNC. The lowest BCUT2D eigenvalue weighted by atomic mass is 10.2. The summed E-state index contributed by atoms with van der Waals surface area (Å²) >= 11 is 5.90. The van der Waals surface area contributed by atoms with Gasteiger partial charge in [0.05, 0.1) is 12.3 Å². The fraction of sp³-hybridized carbons (Fsp3) is 0.385. The zero-order chi connectivity index (χ0) is 14.3. The molecule has 1 atom stereocenters. The lowest BCUT2D eigenvalue weighted by molar-refractivity contribution is -0.149. The van der Waals surface area contributed by atoms with Gasteiger partial charge in [-0.05, 0) is 37.7 Å². The van der Waals surface area contributed by atoms with Crippen molar-refractivity contribution < 1.29 is 14.6 Å². The molecule has 0 aliphatic carbocycles. The monoisotopic (exact) mass is 284 g/mol. The lowest BCUT2D eigenvalue weighted by Gasteiger charge is -2.07. The van der Waals surface area contributed by atoms with E-state index in [-0.39, 0.29) is 6.61 Å². The first kappa shape index (κ1) is 15.6. The van der Waals surface area contributed by atoms with Crippen LogP contribution in [0.25, 0.3) is 0 Å². The Morgan fingerprint density at radius 1 is 1.63 bits per heavy atom. The second kappa shape index (κ2) is 7.89. The minimum atomic E-state index is -1.36. The van der Waals surface area contributed by atoms with Crippen LogP contribution in [0.1, 0.15) is 12.5 Å². The number of benzene rings is 1. The normalized spacial score (nSPS) is 12.6. The molecule has 0 aliphatic heterocycles. The molecule has 1 aromatic rings. The predicted octanol–water partition coefficient (Wildman–Crippen LogP) is 1.69. The molecule has 1 unspecified atom stereocenters. The average Bonchev–Trinajstić information content (AvgIpc) is 2.38. The molecule has 0 aromatic heterocycles. The molecule has 0 heterocycles. The van der Waals surface area contributed by atoms with Gasteiger partial charge in [0.25, 0.3) is 0 Å². The van der Waals surface area contributed by atoms with Gasteiger partial charge in [-0.1, -0.05) is 11.6 Å². The molecule has 1 aromatic carbocycles. The first-order valence-electron chi connectivity index (χ1n) is 5.90. The number of rotatable bonds is 6. The van der Waals surface area contributed by atoms with Crippen molar-refractivity contribution in [2.45, 2.75) is 19.6 Å². The zero-order valence-electron chi connectivity index (χ0n) is 10.9. The van der Waals surface area contributed by atoms with E-state index in [1.807, 2.05) is 7.05 Å². The molecule has 0 aliphatic rings. The molecule has 5 nitrogen and oxygen atoms in total. The van der Waals surface area contributed by atoms with Gasteiger partial charge >= 0.3 is 5.97 Å². The summed E-state index contributed by atoms with van der Waals surface area (Å²) in [5.41, 5.74) is 1.52. The van der Waals surface area contributed by atoms with Gasteiger partial charge in [0.1, 0.15) is 0 Å². The molecule has 0 saturated carbocycles. The maximum absolute atomic E-state index is 11.2. The summed E-state index contributed by atoms with van der Waals surface area (Å²) in [7, 11) is 1.81.